The standard InChI is InChI=1S/C18H19N3O3/c22-18(23)20-6-2-14(3-7-20)16-11-21(10-13-4-8-24-12-13)17-9-19-5-1-15(16)17/h1,4-5,8-9,11-12,14H,2-3,6-7,10H2,(H,22,23). The van der Waals surface area contributed by atoms with Crippen LogP contribution in [0.2, 0.25) is 0 Å². The minimum absolute atomic E-state index is 0.385. The van der Waals surface area contributed by atoms with Crippen LogP contribution < -0.4 is 0 Å². The third-order valence-electron chi connectivity index (χ3n) is 4.85. The number of rotatable bonds is 3. The molecule has 3 aromatic heterocycles. The number of nitrogens with zero attached hydrogens (tertiary/aromatic N) is 3. The number of piperidine rings is 1. The van der Waals surface area contributed by atoms with E-state index in [1.807, 2.05) is 18.5 Å². The molecule has 1 aliphatic rings. The topological polar surface area (TPSA) is 71.5 Å². The van der Waals surface area contributed by atoms with Crippen molar-refractivity contribution in [3.05, 3.63) is 54.4 Å². The van der Waals surface area contributed by atoms with Crippen molar-refractivity contribution in [2.75, 3.05) is 13.1 Å². The zero-order valence-electron chi connectivity index (χ0n) is 13.3. The van der Waals surface area contributed by atoms with Crippen LogP contribution in [0.4, 0.5) is 4.79 Å². The normalized spacial score (nSPS) is 15.9. The Labute approximate surface area is 139 Å². The van der Waals surface area contributed by atoms with Gasteiger partial charge in [-0.15, -0.1) is 0 Å². The molecule has 0 bridgehead atoms. The smallest absolute Gasteiger partial charge is 0.407 e. The summed E-state index contributed by atoms with van der Waals surface area (Å²) in [6.45, 7) is 1.94. The Morgan fingerprint density at radius 2 is 2.17 bits per heavy atom. The average molecular weight is 325 g/mol. The van der Waals surface area contributed by atoms with Gasteiger partial charge in [0.1, 0.15) is 0 Å². The molecule has 0 unspecified atom stereocenters. The SMILES string of the molecule is O=C(O)N1CCC(c2cn(Cc3ccoc3)c3cnccc23)CC1. The summed E-state index contributed by atoms with van der Waals surface area (Å²) in [5.41, 5.74) is 3.51. The number of aromatic nitrogens is 2. The van der Waals surface area contributed by atoms with Gasteiger partial charge in [0, 0.05) is 36.4 Å². The molecule has 4 rings (SSSR count). The number of hydrogen-bond donors (Lipinski definition) is 1. The Kier molecular flexibility index (Phi) is 3.72. The van der Waals surface area contributed by atoms with Crippen LogP contribution in [0.25, 0.3) is 10.9 Å². The molecule has 124 valence electrons. The molecule has 0 spiro atoms. The first-order chi connectivity index (χ1) is 11.7. The zero-order chi connectivity index (χ0) is 16.5. The third-order valence-corrected chi connectivity index (χ3v) is 4.85. The van der Waals surface area contributed by atoms with Crippen molar-refractivity contribution < 1.29 is 14.3 Å². The molecule has 24 heavy (non-hydrogen) atoms. The highest BCUT2D eigenvalue weighted by Crippen LogP contribution is 2.34. The lowest BCUT2D eigenvalue weighted by molar-refractivity contribution is 0.132. The lowest BCUT2D eigenvalue weighted by Crippen LogP contribution is -2.36. The quantitative estimate of drug-likeness (QED) is 0.799. The predicted molar refractivity (Wildman–Crippen MR) is 89.1 cm³/mol. The van der Waals surface area contributed by atoms with Crippen LogP contribution in [0.5, 0.6) is 0 Å². The lowest BCUT2D eigenvalue weighted by atomic mass is 9.89. The molecule has 0 aliphatic carbocycles. The van der Waals surface area contributed by atoms with Gasteiger partial charge in [-0.2, -0.15) is 0 Å². The van der Waals surface area contributed by atoms with Crippen molar-refractivity contribution in [3.63, 3.8) is 0 Å². The van der Waals surface area contributed by atoms with Crippen LogP contribution in [-0.4, -0.2) is 38.7 Å². The van der Waals surface area contributed by atoms with Gasteiger partial charge in [-0.05, 0) is 36.5 Å². The molecular weight excluding hydrogens is 306 g/mol. The molecule has 3 aromatic rings. The summed E-state index contributed by atoms with van der Waals surface area (Å²) in [7, 11) is 0. The maximum absolute atomic E-state index is 11.1. The van der Waals surface area contributed by atoms with E-state index in [1.165, 1.54) is 15.8 Å². The van der Waals surface area contributed by atoms with Crippen LogP contribution in [-0.2, 0) is 6.54 Å². The number of likely N-dealkylation sites (tertiary alicyclic amines) is 1. The molecule has 1 aliphatic heterocycles. The van der Waals surface area contributed by atoms with Gasteiger partial charge >= 0.3 is 6.09 Å². The highest BCUT2D eigenvalue weighted by molar-refractivity contribution is 5.83. The molecule has 6 nitrogen and oxygen atoms in total. The van der Waals surface area contributed by atoms with Crippen LogP contribution in [0, 0.1) is 0 Å². The molecule has 6 heteroatoms. The van der Waals surface area contributed by atoms with Crippen molar-refractivity contribution in [2.45, 2.75) is 25.3 Å². The Hall–Kier alpha value is -2.76. The van der Waals surface area contributed by atoms with Gasteiger partial charge in [0.2, 0.25) is 0 Å². The number of pyridine rings is 1. The number of hydrogen-bond acceptors (Lipinski definition) is 3. The largest absolute Gasteiger partial charge is 0.472 e. The summed E-state index contributed by atoms with van der Waals surface area (Å²) >= 11 is 0. The number of carbonyl (C=O) groups is 1. The van der Waals surface area contributed by atoms with E-state index in [4.69, 9.17) is 9.52 Å². The predicted octanol–water partition coefficient (Wildman–Crippen LogP) is 3.54. The fourth-order valence-corrected chi connectivity index (χ4v) is 3.58. The molecule has 0 atom stereocenters. The van der Waals surface area contributed by atoms with Crippen molar-refractivity contribution in [1.29, 1.82) is 0 Å². The van der Waals surface area contributed by atoms with Gasteiger partial charge in [-0.3, -0.25) is 4.98 Å². The summed E-state index contributed by atoms with van der Waals surface area (Å²) < 4.78 is 7.37. The van der Waals surface area contributed by atoms with Crippen molar-refractivity contribution in [2.24, 2.45) is 0 Å². The van der Waals surface area contributed by atoms with E-state index in [0.29, 0.717) is 19.0 Å². The number of amides is 1. The fourth-order valence-electron chi connectivity index (χ4n) is 3.58. The van der Waals surface area contributed by atoms with Crippen molar-refractivity contribution in [1.82, 2.24) is 14.5 Å². The van der Waals surface area contributed by atoms with Crippen molar-refractivity contribution in [3.8, 4) is 0 Å². The summed E-state index contributed by atoms with van der Waals surface area (Å²) in [6, 6.07) is 4.02. The average Bonchev–Trinajstić information content (AvgIpc) is 3.24. The first-order valence-electron chi connectivity index (χ1n) is 8.14. The van der Waals surface area contributed by atoms with E-state index >= 15 is 0 Å². The van der Waals surface area contributed by atoms with Crippen molar-refractivity contribution >= 4 is 17.0 Å². The summed E-state index contributed by atoms with van der Waals surface area (Å²) in [6.07, 6.45) is 10.3. The lowest BCUT2D eigenvalue weighted by Gasteiger charge is -2.29. The van der Waals surface area contributed by atoms with E-state index in [0.717, 1.165) is 30.5 Å². The number of fused-ring (bicyclic) bond motifs is 1. The highest BCUT2D eigenvalue weighted by atomic mass is 16.4. The van der Waals surface area contributed by atoms with Crippen LogP contribution >= 0.6 is 0 Å². The maximum Gasteiger partial charge on any atom is 0.407 e. The Morgan fingerprint density at radius 1 is 1.33 bits per heavy atom. The van der Waals surface area contributed by atoms with E-state index in [9.17, 15) is 4.79 Å². The summed E-state index contributed by atoms with van der Waals surface area (Å²) in [5, 5.41) is 10.3. The first-order valence-corrected chi connectivity index (χ1v) is 8.14. The Bertz CT molecular complexity index is 846. The van der Waals surface area contributed by atoms with Gasteiger partial charge in [0.15, 0.2) is 0 Å². The maximum atomic E-state index is 11.1. The monoisotopic (exact) mass is 325 g/mol. The zero-order valence-corrected chi connectivity index (χ0v) is 13.3. The van der Waals surface area contributed by atoms with Crippen LogP contribution in [0.1, 0.15) is 29.9 Å². The van der Waals surface area contributed by atoms with Crippen LogP contribution in [0.15, 0.2) is 47.7 Å². The minimum atomic E-state index is -0.819. The second kappa shape index (κ2) is 6.03. The molecule has 4 heterocycles. The molecule has 0 radical (unpaired) electrons. The van der Waals surface area contributed by atoms with E-state index < -0.39 is 6.09 Å². The van der Waals surface area contributed by atoms with E-state index in [2.05, 4.69) is 21.8 Å². The van der Waals surface area contributed by atoms with E-state index in [-0.39, 0.29) is 0 Å². The van der Waals surface area contributed by atoms with E-state index in [1.54, 1.807) is 12.5 Å². The number of carboxylic acid groups (broad SMARTS) is 1. The molecule has 0 saturated carbocycles. The van der Waals surface area contributed by atoms with Gasteiger partial charge < -0.3 is 19.0 Å². The molecule has 1 saturated heterocycles. The molecular formula is C18H19N3O3. The van der Waals surface area contributed by atoms with Gasteiger partial charge in [-0.1, -0.05) is 0 Å². The molecule has 1 amide bonds. The third kappa shape index (κ3) is 2.64. The molecule has 1 N–H and O–H groups in total. The van der Waals surface area contributed by atoms with Gasteiger partial charge in [-0.25, -0.2) is 4.79 Å². The number of furan rings is 1. The van der Waals surface area contributed by atoms with Gasteiger partial charge in [0.05, 0.1) is 30.8 Å². The Balaban J connectivity index is 1.65. The molecule has 0 aromatic carbocycles. The minimum Gasteiger partial charge on any atom is -0.472 e. The summed E-state index contributed by atoms with van der Waals surface area (Å²) in [5.74, 6) is 0.385. The fraction of sp³-hybridized carbons (Fsp3) is 0.333. The van der Waals surface area contributed by atoms with Crippen LogP contribution in [0.3, 0.4) is 0 Å². The first kappa shape index (κ1) is 14.8. The Morgan fingerprint density at radius 3 is 2.88 bits per heavy atom. The highest BCUT2D eigenvalue weighted by Gasteiger charge is 2.25. The molecule has 1 fully saturated rings. The summed E-state index contributed by atoms with van der Waals surface area (Å²) in [4.78, 5) is 16.9. The second-order valence-electron chi connectivity index (χ2n) is 6.28. The second-order valence-corrected chi connectivity index (χ2v) is 6.28. The van der Waals surface area contributed by atoms with Gasteiger partial charge in [0.25, 0.3) is 0 Å².